The largest absolute Gasteiger partial charge is 0.345 e. The summed E-state index contributed by atoms with van der Waals surface area (Å²) in [5, 5.41) is 6.98. The minimum Gasteiger partial charge on any atom is -0.345 e. The first-order valence-electron chi connectivity index (χ1n) is 8.82. The number of nitrogens with zero attached hydrogens (tertiary/aromatic N) is 4. The number of hydrogen-bond acceptors (Lipinski definition) is 4. The third-order valence-electron chi connectivity index (χ3n) is 4.82. The Morgan fingerprint density at radius 3 is 2.58 bits per heavy atom. The topological polar surface area (TPSA) is 70.5 Å². The van der Waals surface area contributed by atoms with Crippen LogP contribution in [0.4, 0.5) is 0 Å². The molecule has 1 saturated heterocycles. The highest BCUT2D eigenvalue weighted by molar-refractivity contribution is 6.35. The fourth-order valence-electron chi connectivity index (χ4n) is 3.22. The quantitative estimate of drug-likeness (QED) is 0.772. The second-order valence-electron chi connectivity index (χ2n) is 7.10. The zero-order valence-electron chi connectivity index (χ0n) is 14.6. The summed E-state index contributed by atoms with van der Waals surface area (Å²) in [5.74, 6) is -0.277. The first-order chi connectivity index (χ1) is 11.5. The van der Waals surface area contributed by atoms with E-state index in [0.29, 0.717) is 19.0 Å². The third-order valence-corrected chi connectivity index (χ3v) is 4.82. The summed E-state index contributed by atoms with van der Waals surface area (Å²) in [4.78, 5) is 28.0. The molecule has 1 N–H and O–H groups in total. The SMILES string of the molecule is C[C@@H](Cc1ccnn1C)CN1CCN(C(=O)C(=O)NC2CC2)CC1. The molecule has 0 bridgehead atoms. The van der Waals surface area contributed by atoms with Crippen LogP contribution in [0.1, 0.15) is 25.5 Å². The summed E-state index contributed by atoms with van der Waals surface area (Å²) in [7, 11) is 1.97. The Kier molecular flexibility index (Phi) is 5.18. The van der Waals surface area contributed by atoms with Crippen LogP contribution in [0.15, 0.2) is 12.3 Å². The van der Waals surface area contributed by atoms with E-state index in [1.807, 2.05) is 17.9 Å². The van der Waals surface area contributed by atoms with Gasteiger partial charge in [0.05, 0.1) is 0 Å². The number of hydrogen-bond donors (Lipinski definition) is 1. The van der Waals surface area contributed by atoms with Crippen molar-refractivity contribution >= 4 is 11.8 Å². The molecular formula is C17H27N5O2. The van der Waals surface area contributed by atoms with Gasteiger partial charge in [-0.15, -0.1) is 0 Å². The van der Waals surface area contributed by atoms with E-state index in [2.05, 4.69) is 28.3 Å². The van der Waals surface area contributed by atoms with Crippen molar-refractivity contribution in [1.29, 1.82) is 0 Å². The molecule has 1 aromatic heterocycles. The summed E-state index contributed by atoms with van der Waals surface area (Å²) in [6.07, 6.45) is 4.83. The standard InChI is InChI=1S/C17H27N5O2/c1-13(11-15-5-6-18-20(15)2)12-21-7-9-22(10-8-21)17(24)16(23)19-14-3-4-14/h5-6,13-14H,3-4,7-12H2,1-2H3,(H,19,23)/t13-/m0/s1. The van der Waals surface area contributed by atoms with Gasteiger partial charge in [0.25, 0.3) is 0 Å². The van der Waals surface area contributed by atoms with Gasteiger partial charge >= 0.3 is 11.8 Å². The van der Waals surface area contributed by atoms with Crippen molar-refractivity contribution in [3.8, 4) is 0 Å². The maximum absolute atomic E-state index is 12.1. The molecule has 0 spiro atoms. The summed E-state index contributed by atoms with van der Waals surface area (Å²) in [5.41, 5.74) is 1.24. The number of carbonyl (C=O) groups excluding carboxylic acids is 2. The molecule has 0 radical (unpaired) electrons. The van der Waals surface area contributed by atoms with Crippen molar-refractivity contribution in [2.75, 3.05) is 32.7 Å². The molecule has 2 heterocycles. The van der Waals surface area contributed by atoms with Crippen LogP contribution in [-0.4, -0.2) is 70.2 Å². The van der Waals surface area contributed by atoms with Gasteiger partial charge in [0.2, 0.25) is 0 Å². The van der Waals surface area contributed by atoms with Gasteiger partial charge in [-0.2, -0.15) is 5.10 Å². The molecule has 24 heavy (non-hydrogen) atoms. The molecule has 3 rings (SSSR count). The van der Waals surface area contributed by atoms with Crippen LogP contribution < -0.4 is 5.32 Å². The molecule has 1 aliphatic heterocycles. The molecule has 7 heteroatoms. The Morgan fingerprint density at radius 1 is 1.29 bits per heavy atom. The molecule has 0 aromatic carbocycles. The van der Waals surface area contributed by atoms with Crippen molar-refractivity contribution in [2.45, 2.75) is 32.2 Å². The summed E-state index contributed by atoms with van der Waals surface area (Å²) in [6.45, 7) is 6.18. The Hall–Kier alpha value is -1.89. The fourth-order valence-corrected chi connectivity index (χ4v) is 3.22. The lowest BCUT2D eigenvalue weighted by Gasteiger charge is -2.35. The lowest BCUT2D eigenvalue weighted by atomic mass is 10.0. The molecule has 1 aliphatic carbocycles. The lowest BCUT2D eigenvalue weighted by Crippen LogP contribution is -2.53. The fraction of sp³-hybridized carbons (Fsp3) is 0.706. The Morgan fingerprint density at radius 2 is 2.00 bits per heavy atom. The molecule has 2 fully saturated rings. The highest BCUT2D eigenvalue weighted by atomic mass is 16.2. The molecule has 2 amide bonds. The number of amides is 2. The van der Waals surface area contributed by atoms with E-state index >= 15 is 0 Å². The van der Waals surface area contributed by atoms with Crippen molar-refractivity contribution in [2.24, 2.45) is 13.0 Å². The van der Waals surface area contributed by atoms with Gasteiger partial charge in [-0.3, -0.25) is 19.2 Å². The molecule has 1 saturated carbocycles. The Labute approximate surface area is 143 Å². The summed E-state index contributed by atoms with van der Waals surface area (Å²) < 4.78 is 1.92. The van der Waals surface area contributed by atoms with Crippen LogP contribution in [-0.2, 0) is 23.1 Å². The van der Waals surface area contributed by atoms with Gasteiger partial charge in [0.1, 0.15) is 0 Å². The number of piperazine rings is 1. The number of aromatic nitrogens is 2. The molecular weight excluding hydrogens is 306 g/mol. The normalized spacial score (nSPS) is 20.0. The minimum atomic E-state index is -0.435. The van der Waals surface area contributed by atoms with Crippen LogP contribution in [0.5, 0.6) is 0 Å². The van der Waals surface area contributed by atoms with Gasteiger partial charge in [0, 0.05) is 57.7 Å². The summed E-state index contributed by atoms with van der Waals surface area (Å²) >= 11 is 0. The van der Waals surface area contributed by atoms with Crippen molar-refractivity contribution in [3.63, 3.8) is 0 Å². The van der Waals surface area contributed by atoms with Gasteiger partial charge in [-0.1, -0.05) is 6.92 Å². The first-order valence-corrected chi connectivity index (χ1v) is 8.82. The first kappa shape index (κ1) is 17.0. The molecule has 7 nitrogen and oxygen atoms in total. The third kappa shape index (κ3) is 4.35. The Balaban J connectivity index is 1.40. The van der Waals surface area contributed by atoms with Gasteiger partial charge in [-0.05, 0) is 31.2 Å². The van der Waals surface area contributed by atoms with Gasteiger partial charge in [0.15, 0.2) is 0 Å². The van der Waals surface area contributed by atoms with E-state index in [1.54, 1.807) is 4.90 Å². The smallest absolute Gasteiger partial charge is 0.311 e. The highest BCUT2D eigenvalue weighted by Crippen LogP contribution is 2.18. The van der Waals surface area contributed by atoms with E-state index in [9.17, 15) is 9.59 Å². The average molecular weight is 333 g/mol. The van der Waals surface area contributed by atoms with E-state index < -0.39 is 5.91 Å². The zero-order chi connectivity index (χ0) is 17.1. The van der Waals surface area contributed by atoms with Gasteiger partial charge < -0.3 is 10.2 Å². The maximum atomic E-state index is 12.1. The van der Waals surface area contributed by atoms with Crippen molar-refractivity contribution in [1.82, 2.24) is 24.9 Å². The van der Waals surface area contributed by atoms with E-state index in [1.165, 1.54) is 5.69 Å². The number of aryl methyl sites for hydroxylation is 1. The van der Waals surface area contributed by atoms with Crippen LogP contribution in [0, 0.1) is 5.92 Å². The number of rotatable bonds is 5. The van der Waals surface area contributed by atoms with Gasteiger partial charge in [-0.25, -0.2) is 0 Å². The number of carbonyl (C=O) groups is 2. The Bertz CT molecular complexity index is 588. The second-order valence-corrected chi connectivity index (χ2v) is 7.10. The molecule has 2 aliphatic rings. The molecule has 1 aromatic rings. The molecule has 1 atom stereocenters. The van der Waals surface area contributed by atoms with Crippen LogP contribution in [0.3, 0.4) is 0 Å². The van der Waals surface area contributed by atoms with E-state index in [-0.39, 0.29) is 11.9 Å². The zero-order valence-corrected chi connectivity index (χ0v) is 14.6. The monoisotopic (exact) mass is 333 g/mol. The lowest BCUT2D eigenvalue weighted by molar-refractivity contribution is -0.147. The van der Waals surface area contributed by atoms with E-state index in [4.69, 9.17) is 0 Å². The van der Waals surface area contributed by atoms with Crippen LogP contribution in [0.2, 0.25) is 0 Å². The minimum absolute atomic E-state index is 0.232. The van der Waals surface area contributed by atoms with Crippen molar-refractivity contribution in [3.05, 3.63) is 18.0 Å². The number of nitrogens with one attached hydrogen (secondary N) is 1. The average Bonchev–Trinajstić information content (AvgIpc) is 3.29. The summed E-state index contributed by atoms with van der Waals surface area (Å²) in [6, 6.07) is 2.29. The maximum Gasteiger partial charge on any atom is 0.311 e. The van der Waals surface area contributed by atoms with Crippen molar-refractivity contribution < 1.29 is 9.59 Å². The molecule has 0 unspecified atom stereocenters. The van der Waals surface area contributed by atoms with E-state index in [0.717, 1.165) is 38.9 Å². The highest BCUT2D eigenvalue weighted by Gasteiger charge is 2.30. The van der Waals surface area contributed by atoms with Crippen LogP contribution in [0.25, 0.3) is 0 Å². The predicted molar refractivity (Wildman–Crippen MR) is 90.3 cm³/mol. The molecule has 132 valence electrons. The predicted octanol–water partition coefficient (Wildman–Crippen LogP) is 0.0215. The van der Waals surface area contributed by atoms with Crippen LogP contribution >= 0.6 is 0 Å². The second kappa shape index (κ2) is 7.34.